The van der Waals surface area contributed by atoms with Crippen LogP contribution in [-0.2, 0) is 20.9 Å². The summed E-state index contributed by atoms with van der Waals surface area (Å²) in [5, 5.41) is 5.19. The second-order valence-electron chi connectivity index (χ2n) is 10.6. The molecule has 1 aliphatic carbocycles. The maximum atomic E-state index is 13.3. The smallest absolute Gasteiger partial charge is 0.411 e. The van der Waals surface area contributed by atoms with Crippen molar-refractivity contribution in [1.29, 1.82) is 0 Å². The summed E-state index contributed by atoms with van der Waals surface area (Å²) < 4.78 is 10.7. The second-order valence-corrected chi connectivity index (χ2v) is 12.8. The van der Waals surface area contributed by atoms with E-state index in [2.05, 4.69) is 10.6 Å². The Morgan fingerprint density at radius 3 is 2.49 bits per heavy atom. The number of hydrogen-bond donors (Lipinski definition) is 2. The molecule has 1 unspecified atom stereocenters. The molecule has 8 nitrogen and oxygen atoms in total. The standard InChI is InChI=1S/C27H41N3O5S2/c1-27(2,3)35-26(33)30-14-15-37-25(30)24(32)29-22(18-36-17-20-8-6-5-7-9-20)23(31)28-16-19-10-12-21(34-4)13-11-19/h10-13,20,22,25H,5-9,14-18H2,1-4H3,(H,28,31)(H,29,32)/t22-,25?/m0/s1. The van der Waals surface area contributed by atoms with Gasteiger partial charge in [-0.3, -0.25) is 14.5 Å². The summed E-state index contributed by atoms with van der Waals surface area (Å²) in [5.41, 5.74) is 0.293. The van der Waals surface area contributed by atoms with E-state index in [1.807, 2.05) is 24.3 Å². The van der Waals surface area contributed by atoms with Gasteiger partial charge in [0.05, 0.1) is 7.11 Å². The average Bonchev–Trinajstić information content (AvgIpc) is 3.37. The van der Waals surface area contributed by atoms with E-state index in [-0.39, 0.29) is 11.8 Å². The first-order valence-corrected chi connectivity index (χ1v) is 15.3. The molecule has 0 bridgehead atoms. The van der Waals surface area contributed by atoms with Crippen LogP contribution in [0.4, 0.5) is 4.79 Å². The SMILES string of the molecule is COc1ccc(CNC(=O)[C@H](CSCC2CCCCC2)NC(=O)C2SCCN2C(=O)OC(C)(C)C)cc1. The highest BCUT2D eigenvalue weighted by atomic mass is 32.2. The Hall–Kier alpha value is -2.07. The monoisotopic (exact) mass is 551 g/mol. The topological polar surface area (TPSA) is 97.0 Å². The summed E-state index contributed by atoms with van der Waals surface area (Å²) in [6, 6.07) is 6.81. The first kappa shape index (κ1) is 29.5. The van der Waals surface area contributed by atoms with E-state index in [1.54, 1.807) is 39.6 Å². The van der Waals surface area contributed by atoms with Crippen molar-refractivity contribution >= 4 is 41.4 Å². The van der Waals surface area contributed by atoms with Crippen LogP contribution in [0.25, 0.3) is 0 Å². The van der Waals surface area contributed by atoms with E-state index in [0.717, 1.165) is 17.1 Å². The molecule has 1 aromatic rings. The largest absolute Gasteiger partial charge is 0.497 e. The fourth-order valence-electron chi connectivity index (χ4n) is 4.38. The molecule has 1 aromatic carbocycles. The summed E-state index contributed by atoms with van der Waals surface area (Å²) in [6.07, 6.45) is 5.81. The van der Waals surface area contributed by atoms with Crippen molar-refractivity contribution in [2.24, 2.45) is 5.92 Å². The molecular formula is C27H41N3O5S2. The number of nitrogens with one attached hydrogen (secondary N) is 2. The molecule has 1 saturated heterocycles. The lowest BCUT2D eigenvalue weighted by molar-refractivity contribution is -0.129. The van der Waals surface area contributed by atoms with Gasteiger partial charge in [0.2, 0.25) is 5.91 Å². The molecule has 2 atom stereocenters. The second kappa shape index (κ2) is 14.2. The fourth-order valence-corrected chi connectivity index (χ4v) is 6.77. The van der Waals surface area contributed by atoms with Crippen LogP contribution >= 0.6 is 23.5 Å². The zero-order valence-electron chi connectivity index (χ0n) is 22.4. The van der Waals surface area contributed by atoms with Gasteiger partial charge in [-0.1, -0.05) is 31.4 Å². The van der Waals surface area contributed by atoms with Gasteiger partial charge in [-0.15, -0.1) is 11.8 Å². The Kier molecular flexibility index (Phi) is 11.3. The summed E-state index contributed by atoms with van der Waals surface area (Å²) in [7, 11) is 1.61. The van der Waals surface area contributed by atoms with Crippen LogP contribution in [-0.4, -0.2) is 70.7 Å². The third kappa shape index (κ3) is 9.63. The molecule has 37 heavy (non-hydrogen) atoms. The first-order valence-electron chi connectivity index (χ1n) is 13.1. The van der Waals surface area contributed by atoms with Gasteiger partial charge in [0, 0.05) is 24.6 Å². The Bertz CT molecular complexity index is 900. The van der Waals surface area contributed by atoms with Crippen LogP contribution in [0.3, 0.4) is 0 Å². The van der Waals surface area contributed by atoms with Crippen LogP contribution < -0.4 is 15.4 Å². The number of carbonyl (C=O) groups excluding carboxylic acids is 3. The predicted octanol–water partition coefficient (Wildman–Crippen LogP) is 4.42. The Balaban J connectivity index is 1.61. The molecule has 1 heterocycles. The summed E-state index contributed by atoms with van der Waals surface area (Å²) in [6.45, 7) is 6.19. The van der Waals surface area contributed by atoms with Gasteiger partial charge >= 0.3 is 6.09 Å². The summed E-state index contributed by atoms with van der Waals surface area (Å²) in [5.74, 6) is 2.97. The number of rotatable bonds is 10. The van der Waals surface area contributed by atoms with Gasteiger partial charge in [0.1, 0.15) is 17.4 Å². The number of amides is 3. The molecule has 0 spiro atoms. The van der Waals surface area contributed by atoms with Crippen molar-refractivity contribution in [1.82, 2.24) is 15.5 Å². The Labute approximate surface area is 229 Å². The normalized spacial score (nSPS) is 19.2. The minimum Gasteiger partial charge on any atom is -0.497 e. The van der Waals surface area contributed by atoms with Gasteiger partial charge < -0.3 is 20.1 Å². The van der Waals surface area contributed by atoms with Gasteiger partial charge in [-0.25, -0.2) is 4.79 Å². The van der Waals surface area contributed by atoms with Crippen molar-refractivity contribution < 1.29 is 23.9 Å². The van der Waals surface area contributed by atoms with Gasteiger partial charge in [0.15, 0.2) is 5.37 Å². The maximum Gasteiger partial charge on any atom is 0.411 e. The molecule has 2 aliphatic rings. The zero-order chi connectivity index (χ0) is 26.8. The fraction of sp³-hybridized carbons (Fsp3) is 0.667. The zero-order valence-corrected chi connectivity index (χ0v) is 24.1. The van der Waals surface area contributed by atoms with Crippen LogP contribution in [0.15, 0.2) is 24.3 Å². The van der Waals surface area contributed by atoms with E-state index in [0.29, 0.717) is 30.5 Å². The molecule has 206 valence electrons. The molecule has 1 aliphatic heterocycles. The van der Waals surface area contributed by atoms with Crippen LogP contribution in [0.5, 0.6) is 5.75 Å². The number of ether oxygens (including phenoxy) is 2. The molecule has 2 fully saturated rings. The maximum absolute atomic E-state index is 13.3. The number of methoxy groups -OCH3 is 1. The lowest BCUT2D eigenvalue weighted by atomic mass is 9.91. The molecular weight excluding hydrogens is 510 g/mol. The van der Waals surface area contributed by atoms with E-state index >= 15 is 0 Å². The van der Waals surface area contributed by atoms with E-state index < -0.39 is 23.1 Å². The van der Waals surface area contributed by atoms with Crippen molar-refractivity contribution in [2.45, 2.75) is 76.4 Å². The van der Waals surface area contributed by atoms with Gasteiger partial charge in [-0.05, 0) is 63.0 Å². The molecule has 10 heteroatoms. The highest BCUT2D eigenvalue weighted by Crippen LogP contribution is 2.28. The minimum atomic E-state index is -0.713. The lowest BCUT2D eigenvalue weighted by Crippen LogP contribution is -2.53. The lowest BCUT2D eigenvalue weighted by Gasteiger charge is -2.28. The third-order valence-electron chi connectivity index (χ3n) is 6.36. The highest BCUT2D eigenvalue weighted by Gasteiger charge is 2.38. The quantitative estimate of drug-likeness (QED) is 0.444. The van der Waals surface area contributed by atoms with Crippen LogP contribution in [0.1, 0.15) is 58.4 Å². The summed E-state index contributed by atoms with van der Waals surface area (Å²) >= 11 is 3.11. The number of benzene rings is 1. The minimum absolute atomic E-state index is 0.230. The summed E-state index contributed by atoms with van der Waals surface area (Å²) in [4.78, 5) is 40.6. The number of carbonyl (C=O) groups is 3. The molecule has 3 amide bonds. The van der Waals surface area contributed by atoms with Gasteiger partial charge in [0.25, 0.3) is 5.91 Å². The van der Waals surface area contributed by atoms with Crippen molar-refractivity contribution in [3.63, 3.8) is 0 Å². The molecule has 0 aromatic heterocycles. The molecule has 3 rings (SSSR count). The third-order valence-corrected chi connectivity index (χ3v) is 8.84. The number of thioether (sulfide) groups is 2. The Morgan fingerprint density at radius 2 is 1.84 bits per heavy atom. The van der Waals surface area contributed by atoms with E-state index in [1.165, 1.54) is 48.8 Å². The van der Waals surface area contributed by atoms with Crippen molar-refractivity contribution in [2.75, 3.05) is 30.9 Å². The Morgan fingerprint density at radius 1 is 1.14 bits per heavy atom. The number of hydrogen-bond acceptors (Lipinski definition) is 7. The molecule has 2 N–H and O–H groups in total. The molecule has 1 saturated carbocycles. The van der Waals surface area contributed by atoms with E-state index in [9.17, 15) is 14.4 Å². The average molecular weight is 552 g/mol. The van der Waals surface area contributed by atoms with E-state index in [4.69, 9.17) is 9.47 Å². The van der Waals surface area contributed by atoms with Crippen molar-refractivity contribution in [3.8, 4) is 5.75 Å². The van der Waals surface area contributed by atoms with Crippen LogP contribution in [0, 0.1) is 5.92 Å². The highest BCUT2D eigenvalue weighted by molar-refractivity contribution is 8.00. The van der Waals surface area contributed by atoms with Gasteiger partial charge in [-0.2, -0.15) is 11.8 Å². The number of nitrogens with zero attached hydrogens (tertiary/aromatic N) is 1. The first-order chi connectivity index (χ1) is 17.7. The van der Waals surface area contributed by atoms with Crippen molar-refractivity contribution in [3.05, 3.63) is 29.8 Å². The predicted molar refractivity (Wildman–Crippen MR) is 150 cm³/mol. The molecule has 0 radical (unpaired) electrons. The van der Waals surface area contributed by atoms with Crippen LogP contribution in [0.2, 0.25) is 0 Å².